The fourth-order valence-corrected chi connectivity index (χ4v) is 4.77. The smallest absolute Gasteiger partial charge is 0.191 e. The molecule has 1 fully saturated rings. The molecule has 1 aliphatic rings. The third kappa shape index (κ3) is 5.13. The third-order valence-electron chi connectivity index (χ3n) is 5.55. The minimum atomic E-state index is -0.789. The van der Waals surface area contributed by atoms with Crippen molar-refractivity contribution in [2.24, 2.45) is 22.6 Å². The topological polar surface area (TPSA) is 82.5 Å². The summed E-state index contributed by atoms with van der Waals surface area (Å²) in [5.74, 6) is -0.138. The summed E-state index contributed by atoms with van der Waals surface area (Å²) in [6, 6.07) is 8.42. The number of halogens is 1. The Hall–Kier alpha value is -2.72. The van der Waals surface area contributed by atoms with Crippen molar-refractivity contribution < 1.29 is 9.18 Å². The number of hydrogen-bond acceptors (Lipinski definition) is 4. The van der Waals surface area contributed by atoms with Gasteiger partial charge in [0, 0.05) is 29.8 Å². The van der Waals surface area contributed by atoms with E-state index >= 15 is 0 Å². The first-order chi connectivity index (χ1) is 14.7. The number of nitrogens with two attached hydrogens (primary N) is 1. The Kier molecular flexibility index (Phi) is 7.96. The molecule has 2 atom stereocenters. The Morgan fingerprint density at radius 2 is 2.03 bits per heavy atom. The molecular weight excluding hydrogens is 411 g/mol. The van der Waals surface area contributed by atoms with E-state index < -0.39 is 11.4 Å². The normalized spacial score (nSPS) is 16.4. The monoisotopic (exact) mass is 442 g/mol. The Morgan fingerprint density at radius 3 is 2.55 bits per heavy atom. The lowest BCUT2D eigenvalue weighted by Crippen LogP contribution is -2.39. The summed E-state index contributed by atoms with van der Waals surface area (Å²) >= 11 is 1.56. The van der Waals surface area contributed by atoms with Crippen molar-refractivity contribution in [2.75, 3.05) is 14.1 Å². The highest BCUT2D eigenvalue weighted by Gasteiger charge is 2.46. The van der Waals surface area contributed by atoms with Crippen LogP contribution < -0.4 is 5.73 Å². The summed E-state index contributed by atoms with van der Waals surface area (Å²) in [5, 5.41) is 9.15. The number of thiophene rings is 1. The molecule has 0 saturated heterocycles. The molecule has 1 aromatic carbocycles. The number of guanidine groups is 1. The number of benzene rings is 1. The molecule has 7 heteroatoms. The van der Waals surface area contributed by atoms with E-state index in [4.69, 9.17) is 16.0 Å². The predicted octanol–water partition coefficient (Wildman–Crippen LogP) is 5.08. The fourth-order valence-electron chi connectivity index (χ4n) is 3.59. The van der Waals surface area contributed by atoms with Crippen LogP contribution in [0.4, 0.5) is 4.39 Å². The van der Waals surface area contributed by atoms with Gasteiger partial charge < -0.3 is 15.4 Å². The van der Waals surface area contributed by atoms with Gasteiger partial charge in [-0.1, -0.05) is 19.9 Å². The van der Waals surface area contributed by atoms with Crippen molar-refractivity contribution >= 4 is 23.6 Å². The maximum Gasteiger partial charge on any atom is 0.191 e. The number of carbonyl (C=O) groups excluding carboxylic acids is 1. The van der Waals surface area contributed by atoms with Crippen LogP contribution in [-0.2, 0) is 10.3 Å². The first-order valence-electron chi connectivity index (χ1n) is 10.5. The van der Waals surface area contributed by atoms with Crippen LogP contribution in [0.25, 0.3) is 11.1 Å². The van der Waals surface area contributed by atoms with Crippen molar-refractivity contribution in [3.8, 4) is 17.2 Å². The Balaban J connectivity index is 0.00000166. The number of hydrogen-bond donors (Lipinski definition) is 1. The van der Waals surface area contributed by atoms with Gasteiger partial charge in [0.05, 0.1) is 5.56 Å². The van der Waals surface area contributed by atoms with Crippen LogP contribution >= 0.6 is 11.3 Å². The molecule has 0 aliphatic heterocycles. The summed E-state index contributed by atoms with van der Waals surface area (Å²) in [7, 11) is 3.64. The number of rotatable bonds is 6. The van der Waals surface area contributed by atoms with Gasteiger partial charge in [0.2, 0.25) is 0 Å². The first kappa shape index (κ1) is 24.5. The lowest BCUT2D eigenvalue weighted by atomic mass is 9.81. The highest BCUT2D eigenvalue weighted by molar-refractivity contribution is 7.12. The molecule has 0 amide bonds. The van der Waals surface area contributed by atoms with Gasteiger partial charge in [-0.15, -0.1) is 11.3 Å². The second kappa shape index (κ2) is 10.1. The molecule has 0 radical (unpaired) electrons. The van der Waals surface area contributed by atoms with Gasteiger partial charge in [0.1, 0.15) is 23.7 Å². The number of aliphatic imine (C=N–C) groups is 1. The van der Waals surface area contributed by atoms with Gasteiger partial charge in [-0.2, -0.15) is 5.26 Å². The number of carbonyl (C=O) groups is 1. The summed E-state index contributed by atoms with van der Waals surface area (Å²) in [6.07, 6.45) is 3.03. The summed E-state index contributed by atoms with van der Waals surface area (Å²) in [4.78, 5) is 20.5. The van der Waals surface area contributed by atoms with Crippen LogP contribution in [0.15, 0.2) is 29.3 Å². The van der Waals surface area contributed by atoms with E-state index in [2.05, 4.69) is 0 Å². The first-order valence-corrected chi connectivity index (χ1v) is 11.3. The van der Waals surface area contributed by atoms with Crippen LogP contribution in [-0.4, -0.2) is 31.2 Å². The maximum atomic E-state index is 13.8. The summed E-state index contributed by atoms with van der Waals surface area (Å²) in [6.45, 7) is 7.94. The van der Waals surface area contributed by atoms with E-state index in [-0.39, 0.29) is 11.5 Å². The number of aldehydes is 1. The molecule has 2 unspecified atom stereocenters. The molecule has 1 heterocycles. The molecule has 0 spiro atoms. The highest BCUT2D eigenvalue weighted by atomic mass is 32.1. The minimum absolute atomic E-state index is 0.0102. The van der Waals surface area contributed by atoms with Crippen LogP contribution in [0.5, 0.6) is 0 Å². The molecule has 166 valence electrons. The predicted molar refractivity (Wildman–Crippen MR) is 125 cm³/mol. The van der Waals surface area contributed by atoms with E-state index in [1.165, 1.54) is 6.07 Å². The molecule has 1 aliphatic carbocycles. The van der Waals surface area contributed by atoms with Gasteiger partial charge >= 0.3 is 0 Å². The van der Waals surface area contributed by atoms with Crippen molar-refractivity contribution in [1.29, 1.82) is 5.26 Å². The second-order valence-corrected chi connectivity index (χ2v) is 9.15. The van der Waals surface area contributed by atoms with Gasteiger partial charge in [-0.05, 0) is 61.9 Å². The highest BCUT2D eigenvalue weighted by Crippen LogP contribution is 2.50. The maximum absolute atomic E-state index is 13.8. The van der Waals surface area contributed by atoms with Gasteiger partial charge in [0.15, 0.2) is 5.96 Å². The SMILES string of the molecule is CC.Cc1sc(C(C)(N=C(N)N(C)C)C(C=O)C2CC2)cc1-c1ccc(F)c(C#N)c1. The van der Waals surface area contributed by atoms with E-state index in [0.717, 1.165) is 40.0 Å². The standard InChI is InChI=1S/C22H25FN4OS.C2H6/c1-13-17(15-7-8-19(23)16(9-15)11-24)10-20(29-13)22(2,26-21(25)27(3)4)18(12-28)14-5-6-14;1-2/h7-10,12,14,18H,5-6H2,1-4H3,(H2,25,26);1-2H3. The Labute approximate surface area is 188 Å². The molecule has 0 bridgehead atoms. The molecule has 3 rings (SSSR count). The van der Waals surface area contributed by atoms with E-state index in [9.17, 15) is 9.18 Å². The summed E-state index contributed by atoms with van der Waals surface area (Å²) in [5.41, 5.74) is 7.05. The lowest BCUT2D eigenvalue weighted by molar-refractivity contribution is -0.113. The third-order valence-corrected chi connectivity index (χ3v) is 6.82. The number of nitrogens with zero attached hydrogens (tertiary/aromatic N) is 3. The van der Waals surface area contributed by atoms with E-state index in [1.807, 2.05) is 53.9 Å². The zero-order chi connectivity index (χ0) is 23.3. The molecule has 1 saturated carbocycles. The van der Waals surface area contributed by atoms with Crippen molar-refractivity contribution in [2.45, 2.75) is 46.1 Å². The number of aryl methyl sites for hydroxylation is 1. The van der Waals surface area contributed by atoms with Crippen LogP contribution in [0.3, 0.4) is 0 Å². The van der Waals surface area contributed by atoms with Crippen molar-refractivity contribution in [3.05, 3.63) is 45.4 Å². The molecular formula is C24H31FN4OS. The molecule has 31 heavy (non-hydrogen) atoms. The molecule has 2 N–H and O–H groups in total. The Morgan fingerprint density at radius 1 is 1.39 bits per heavy atom. The van der Waals surface area contributed by atoms with Crippen LogP contribution in [0.2, 0.25) is 0 Å². The quantitative estimate of drug-likeness (QED) is 0.384. The van der Waals surface area contributed by atoms with E-state index in [0.29, 0.717) is 11.9 Å². The molecule has 5 nitrogen and oxygen atoms in total. The number of nitriles is 1. The van der Waals surface area contributed by atoms with Gasteiger partial charge in [-0.3, -0.25) is 0 Å². The van der Waals surface area contributed by atoms with Gasteiger partial charge in [-0.25, -0.2) is 9.38 Å². The minimum Gasteiger partial charge on any atom is -0.370 e. The largest absolute Gasteiger partial charge is 0.370 e. The average molecular weight is 443 g/mol. The van der Waals surface area contributed by atoms with Crippen molar-refractivity contribution in [3.63, 3.8) is 0 Å². The van der Waals surface area contributed by atoms with Gasteiger partial charge in [0.25, 0.3) is 0 Å². The Bertz CT molecular complexity index is 1000. The fraction of sp³-hybridized carbons (Fsp3) is 0.458. The summed E-state index contributed by atoms with van der Waals surface area (Å²) < 4.78 is 13.8. The van der Waals surface area contributed by atoms with Crippen molar-refractivity contribution in [1.82, 2.24) is 4.90 Å². The average Bonchev–Trinajstić information content (AvgIpc) is 3.50. The van der Waals surface area contributed by atoms with Crippen LogP contribution in [0.1, 0.15) is 48.9 Å². The lowest BCUT2D eigenvalue weighted by Gasteiger charge is -2.31. The molecule has 1 aromatic heterocycles. The zero-order valence-corrected chi connectivity index (χ0v) is 19.9. The van der Waals surface area contributed by atoms with Crippen LogP contribution in [0, 0.1) is 35.9 Å². The second-order valence-electron chi connectivity index (χ2n) is 7.90. The molecule has 2 aromatic rings. The zero-order valence-electron chi connectivity index (χ0n) is 19.1. The van der Waals surface area contributed by atoms with E-state index in [1.54, 1.807) is 28.4 Å².